The summed E-state index contributed by atoms with van der Waals surface area (Å²) in [4.78, 5) is 14.0. The molecule has 0 bridgehead atoms. The minimum Gasteiger partial charge on any atom is -0.461 e. The summed E-state index contributed by atoms with van der Waals surface area (Å²) < 4.78 is 5.28. The summed E-state index contributed by atoms with van der Waals surface area (Å²) in [5, 5.41) is 9.07. The van der Waals surface area contributed by atoms with Crippen LogP contribution in [0.1, 0.15) is 53.4 Å². The zero-order valence-electron chi connectivity index (χ0n) is 14.5. The maximum absolute atomic E-state index is 11.9. The third kappa shape index (κ3) is 8.51. The van der Waals surface area contributed by atoms with E-state index < -0.39 is 5.97 Å². The second kappa shape index (κ2) is 12.9. The van der Waals surface area contributed by atoms with Gasteiger partial charge in [0.25, 0.3) is 0 Å². The summed E-state index contributed by atoms with van der Waals surface area (Å²) in [6.45, 7) is 10.5. The van der Waals surface area contributed by atoms with E-state index in [1.807, 2.05) is 12.3 Å². The minimum atomic E-state index is -0.526. The maximum Gasteiger partial charge on any atom is 0.348 e. The summed E-state index contributed by atoms with van der Waals surface area (Å²) in [5.41, 5.74) is 0.0498. The van der Waals surface area contributed by atoms with Gasteiger partial charge in [-0.1, -0.05) is 33.1 Å². The van der Waals surface area contributed by atoms with Crippen molar-refractivity contribution < 1.29 is 9.53 Å². The first-order chi connectivity index (χ1) is 10.6. The van der Waals surface area contributed by atoms with Gasteiger partial charge in [0.15, 0.2) is 0 Å². The Kier molecular flexibility index (Phi) is 11.9. The number of allylic oxidation sites excluding steroid dienone is 2. The Morgan fingerprint density at radius 3 is 2.45 bits per heavy atom. The third-order valence-corrected chi connectivity index (χ3v) is 3.71. The van der Waals surface area contributed by atoms with Gasteiger partial charge in [0.2, 0.25) is 0 Å². The van der Waals surface area contributed by atoms with E-state index in [2.05, 4.69) is 32.6 Å². The van der Waals surface area contributed by atoms with Gasteiger partial charge in [-0.05, 0) is 44.5 Å². The highest BCUT2D eigenvalue weighted by molar-refractivity contribution is 5.93. The Morgan fingerprint density at radius 1 is 1.27 bits per heavy atom. The van der Waals surface area contributed by atoms with Gasteiger partial charge in [0.1, 0.15) is 11.6 Å². The van der Waals surface area contributed by atoms with Crippen LogP contribution in [-0.4, -0.2) is 30.6 Å². The van der Waals surface area contributed by atoms with E-state index >= 15 is 0 Å². The van der Waals surface area contributed by atoms with Crippen molar-refractivity contribution in [1.82, 2.24) is 4.90 Å². The molecule has 0 N–H and O–H groups in total. The Morgan fingerprint density at radius 2 is 1.95 bits per heavy atom. The molecular formula is C18H30N2O2. The van der Waals surface area contributed by atoms with Gasteiger partial charge in [-0.25, -0.2) is 4.79 Å². The van der Waals surface area contributed by atoms with Crippen LogP contribution < -0.4 is 0 Å². The van der Waals surface area contributed by atoms with Crippen LogP contribution >= 0.6 is 0 Å². The van der Waals surface area contributed by atoms with Crippen LogP contribution in [0.2, 0.25) is 0 Å². The molecule has 0 aliphatic carbocycles. The van der Waals surface area contributed by atoms with Gasteiger partial charge < -0.3 is 9.64 Å². The number of esters is 1. The number of ether oxygens (including phenoxy) is 1. The number of nitrogens with zero attached hydrogens (tertiary/aromatic N) is 2. The third-order valence-electron chi connectivity index (χ3n) is 3.71. The summed E-state index contributed by atoms with van der Waals surface area (Å²) in [6.07, 6.45) is 9.46. The van der Waals surface area contributed by atoms with Crippen LogP contribution in [0.25, 0.3) is 0 Å². The minimum absolute atomic E-state index is 0.0498. The lowest BCUT2D eigenvalue weighted by Crippen LogP contribution is -2.15. The molecule has 0 heterocycles. The zero-order valence-corrected chi connectivity index (χ0v) is 14.5. The lowest BCUT2D eigenvalue weighted by atomic mass is 10.0. The first-order valence-corrected chi connectivity index (χ1v) is 8.32. The van der Waals surface area contributed by atoms with Gasteiger partial charge in [0.05, 0.1) is 6.61 Å². The Bertz CT molecular complexity index is 404. The molecule has 0 rings (SSSR count). The normalized spacial score (nSPS) is 13.0. The standard InChI is InChI=1S/C18H30N2O2/c1-5-9-11-16(6-2)15-22-18(21)17(14-19)12-10-13-20(7-3)8-4/h10,12-13,16H,5-9,11,15H2,1-4H3. The molecule has 0 fully saturated rings. The van der Waals surface area contributed by atoms with Crippen molar-refractivity contribution in [2.24, 2.45) is 5.92 Å². The number of rotatable bonds is 11. The summed E-state index contributed by atoms with van der Waals surface area (Å²) in [6, 6.07) is 1.91. The Hall–Kier alpha value is -1.76. The SMILES string of the molecule is CCCCC(CC)COC(=O)C(C#N)=CC=CN(CC)CC. The molecule has 0 aromatic carbocycles. The first kappa shape index (κ1) is 20.2. The monoisotopic (exact) mass is 306 g/mol. The molecule has 1 unspecified atom stereocenters. The van der Waals surface area contributed by atoms with Gasteiger partial charge >= 0.3 is 5.97 Å². The second-order valence-corrected chi connectivity index (χ2v) is 5.27. The van der Waals surface area contributed by atoms with Crippen LogP contribution in [0.4, 0.5) is 0 Å². The first-order valence-electron chi connectivity index (χ1n) is 8.32. The molecular weight excluding hydrogens is 276 g/mol. The molecule has 124 valence electrons. The summed E-state index contributed by atoms with van der Waals surface area (Å²) >= 11 is 0. The molecule has 0 saturated carbocycles. The molecule has 1 atom stereocenters. The fraction of sp³-hybridized carbons (Fsp3) is 0.667. The second-order valence-electron chi connectivity index (χ2n) is 5.27. The molecule has 0 spiro atoms. The van der Waals surface area contributed by atoms with Gasteiger partial charge in [0, 0.05) is 13.1 Å². The molecule has 4 nitrogen and oxygen atoms in total. The Balaban J connectivity index is 4.49. The highest BCUT2D eigenvalue weighted by Gasteiger charge is 2.13. The average molecular weight is 306 g/mol. The van der Waals surface area contributed by atoms with Crippen LogP contribution in [0, 0.1) is 17.2 Å². The molecule has 0 aromatic rings. The molecule has 0 amide bonds. The van der Waals surface area contributed by atoms with E-state index in [1.165, 1.54) is 6.08 Å². The van der Waals surface area contributed by atoms with E-state index in [-0.39, 0.29) is 5.57 Å². The zero-order chi connectivity index (χ0) is 16.8. The topological polar surface area (TPSA) is 53.3 Å². The molecule has 0 aromatic heterocycles. The van der Waals surface area contributed by atoms with Crippen molar-refractivity contribution in [3.63, 3.8) is 0 Å². The van der Waals surface area contributed by atoms with E-state index in [0.29, 0.717) is 12.5 Å². The van der Waals surface area contributed by atoms with Crippen molar-refractivity contribution in [2.45, 2.75) is 53.4 Å². The smallest absolute Gasteiger partial charge is 0.348 e. The lowest BCUT2D eigenvalue weighted by Gasteiger charge is -2.14. The van der Waals surface area contributed by atoms with Crippen molar-refractivity contribution >= 4 is 5.97 Å². The highest BCUT2D eigenvalue weighted by atomic mass is 16.5. The lowest BCUT2D eigenvalue weighted by molar-refractivity contribution is -0.140. The highest BCUT2D eigenvalue weighted by Crippen LogP contribution is 2.13. The van der Waals surface area contributed by atoms with E-state index in [1.54, 1.807) is 6.08 Å². The maximum atomic E-state index is 11.9. The van der Waals surface area contributed by atoms with Crippen molar-refractivity contribution in [1.29, 1.82) is 5.26 Å². The Labute approximate surface area is 135 Å². The van der Waals surface area contributed by atoms with E-state index in [4.69, 9.17) is 10.00 Å². The number of hydrogen-bond acceptors (Lipinski definition) is 4. The number of carbonyl (C=O) groups is 1. The summed E-state index contributed by atoms with van der Waals surface area (Å²) in [5.74, 6) is -0.142. The largest absolute Gasteiger partial charge is 0.461 e. The van der Waals surface area contributed by atoms with Crippen molar-refractivity contribution in [2.75, 3.05) is 19.7 Å². The van der Waals surface area contributed by atoms with Crippen LogP contribution in [0.15, 0.2) is 23.9 Å². The van der Waals surface area contributed by atoms with Crippen LogP contribution in [-0.2, 0) is 9.53 Å². The fourth-order valence-corrected chi connectivity index (χ4v) is 2.02. The molecule has 0 radical (unpaired) electrons. The van der Waals surface area contributed by atoms with Gasteiger partial charge in [-0.2, -0.15) is 5.26 Å². The molecule has 0 saturated heterocycles. The fourth-order valence-electron chi connectivity index (χ4n) is 2.02. The molecule has 4 heteroatoms. The predicted molar refractivity (Wildman–Crippen MR) is 90.0 cm³/mol. The molecule has 0 aliphatic rings. The molecule has 22 heavy (non-hydrogen) atoms. The van der Waals surface area contributed by atoms with Crippen molar-refractivity contribution in [3.8, 4) is 6.07 Å². The van der Waals surface area contributed by atoms with Gasteiger partial charge in [-0.3, -0.25) is 0 Å². The van der Waals surface area contributed by atoms with E-state index in [9.17, 15) is 4.79 Å². The number of unbranched alkanes of at least 4 members (excludes halogenated alkanes) is 1. The van der Waals surface area contributed by atoms with E-state index in [0.717, 1.165) is 38.8 Å². The van der Waals surface area contributed by atoms with Crippen LogP contribution in [0.3, 0.4) is 0 Å². The van der Waals surface area contributed by atoms with Gasteiger partial charge in [-0.15, -0.1) is 0 Å². The summed E-state index contributed by atoms with van der Waals surface area (Å²) in [7, 11) is 0. The molecule has 0 aliphatic heterocycles. The number of hydrogen-bond donors (Lipinski definition) is 0. The van der Waals surface area contributed by atoms with Crippen molar-refractivity contribution in [3.05, 3.63) is 23.9 Å². The quantitative estimate of drug-likeness (QED) is 0.250. The number of carbonyl (C=O) groups excluding carboxylic acids is 1. The van der Waals surface area contributed by atoms with Crippen LogP contribution in [0.5, 0.6) is 0 Å². The predicted octanol–water partition coefficient (Wildman–Crippen LogP) is 4.05. The number of nitriles is 1. The average Bonchev–Trinajstić information content (AvgIpc) is 2.55.